The summed E-state index contributed by atoms with van der Waals surface area (Å²) < 4.78 is 15.3. The van der Waals surface area contributed by atoms with Crippen LogP contribution in [0.15, 0.2) is 251 Å². The summed E-state index contributed by atoms with van der Waals surface area (Å²) in [6.45, 7) is 0. The second-order valence-corrected chi connectivity index (χ2v) is 18.4. The van der Waals surface area contributed by atoms with Gasteiger partial charge < -0.3 is 18.3 Å². The second kappa shape index (κ2) is 15.1. The predicted molar refractivity (Wildman–Crippen MR) is 293 cm³/mol. The average Bonchev–Trinajstić information content (AvgIpc) is 4.11. The summed E-state index contributed by atoms with van der Waals surface area (Å²) in [4.78, 5) is 2.30. The maximum Gasteiger partial charge on any atom is 0.159 e. The smallest absolute Gasteiger partial charge is 0.159 e. The van der Waals surface area contributed by atoms with Gasteiger partial charge in [-0.25, -0.2) is 0 Å². The van der Waals surface area contributed by atoms with E-state index in [9.17, 15) is 0 Å². The van der Waals surface area contributed by atoms with E-state index in [-0.39, 0.29) is 0 Å². The Labute approximate surface area is 402 Å². The molecule has 0 fully saturated rings. The molecule has 4 nitrogen and oxygen atoms in total. The van der Waals surface area contributed by atoms with Crippen molar-refractivity contribution in [2.45, 2.75) is 0 Å². The lowest BCUT2D eigenvalue weighted by Gasteiger charge is -2.25. The van der Waals surface area contributed by atoms with Gasteiger partial charge in [0.2, 0.25) is 0 Å². The van der Waals surface area contributed by atoms with Gasteiger partial charge in [-0.05, 0) is 146 Å². The minimum absolute atomic E-state index is 0.865. The number of furan rings is 2. The molecule has 0 radical (unpaired) electrons. The fourth-order valence-electron chi connectivity index (χ4n) is 11.3. The molecule has 0 aliphatic rings. The molecule has 0 N–H and O–H groups in total. The Morgan fingerprint density at radius 3 is 1.41 bits per heavy atom. The van der Waals surface area contributed by atoms with Crippen molar-refractivity contribution in [2.24, 2.45) is 0 Å². The lowest BCUT2D eigenvalue weighted by molar-refractivity contribution is 0.668. The van der Waals surface area contributed by atoms with Crippen molar-refractivity contribution in [3.8, 4) is 27.9 Å². The van der Waals surface area contributed by atoms with Gasteiger partial charge in [0.15, 0.2) is 5.58 Å². The van der Waals surface area contributed by atoms with Gasteiger partial charge in [-0.1, -0.05) is 152 Å². The van der Waals surface area contributed by atoms with Crippen molar-refractivity contribution in [1.82, 2.24) is 4.57 Å². The van der Waals surface area contributed by atoms with E-state index in [2.05, 4.69) is 228 Å². The molecule has 0 aliphatic heterocycles. The van der Waals surface area contributed by atoms with Gasteiger partial charge in [-0.3, -0.25) is 0 Å². The Bertz CT molecular complexity index is 4560. The molecule has 326 valence electrons. The maximum atomic E-state index is 6.59. The van der Waals surface area contributed by atoms with Gasteiger partial charge >= 0.3 is 0 Å². The highest BCUT2D eigenvalue weighted by molar-refractivity contribution is 6.26. The Balaban J connectivity index is 0.906. The normalized spacial score (nSPS) is 12.0. The zero-order valence-corrected chi connectivity index (χ0v) is 37.8. The molecule has 0 amide bonds. The summed E-state index contributed by atoms with van der Waals surface area (Å²) in [6, 6.07) is 87.6. The van der Waals surface area contributed by atoms with Crippen LogP contribution in [-0.2, 0) is 0 Å². The van der Waals surface area contributed by atoms with Crippen molar-refractivity contribution < 1.29 is 8.83 Å². The van der Waals surface area contributed by atoms with Crippen LogP contribution in [0.2, 0.25) is 0 Å². The fourth-order valence-corrected chi connectivity index (χ4v) is 11.3. The van der Waals surface area contributed by atoms with E-state index in [1.165, 1.54) is 43.1 Å². The first-order valence-corrected chi connectivity index (χ1v) is 23.9. The van der Waals surface area contributed by atoms with Crippen LogP contribution in [0.4, 0.5) is 17.1 Å². The molecule has 0 spiro atoms. The number of anilines is 3. The monoisotopic (exact) mass is 892 g/mol. The third kappa shape index (κ3) is 5.84. The summed E-state index contributed by atoms with van der Waals surface area (Å²) in [5.74, 6) is 0. The molecule has 0 bridgehead atoms. The first-order valence-electron chi connectivity index (χ1n) is 23.9. The SMILES string of the molecule is c1ccc(N(c2ccc(-c3ccc4c(c3)c3cc(-c5ccc6oc7ccccc7c6c5)ccc3n4-c3ccc4c5ccccc5c5ccccc5c4c3)cc2)c2cccc3c2oc2ccccc23)cc1. The van der Waals surface area contributed by atoms with E-state index < -0.39 is 0 Å². The number of nitrogens with zero attached hydrogens (tertiary/aromatic N) is 2. The van der Waals surface area contributed by atoms with Gasteiger partial charge in [0.25, 0.3) is 0 Å². The Morgan fingerprint density at radius 1 is 0.271 bits per heavy atom. The summed E-state index contributed by atoms with van der Waals surface area (Å²) in [7, 11) is 0. The molecule has 4 heteroatoms. The standard InChI is InChI=1S/C66H40N2O2/c1-2-13-45(14-3-1)67(62-22-12-21-55-53-19-8-11-24-64(53)70-66(55)62)46-30-25-41(26-31-46)42-27-34-60-57(37-42)58-38-43(44-29-36-65-59(39-44)54-20-9-10-23-63(54)69-65)28-35-61(58)68(60)47-32-33-52-50-17-5-4-15-48(50)49-16-6-7-18-51(49)56(52)40-47/h1-40H. The van der Waals surface area contributed by atoms with Gasteiger partial charge in [-0.15, -0.1) is 0 Å². The minimum Gasteiger partial charge on any atom is -0.456 e. The van der Waals surface area contributed by atoms with Crippen molar-refractivity contribution in [3.63, 3.8) is 0 Å². The number of para-hydroxylation sites is 4. The number of hydrogen-bond acceptors (Lipinski definition) is 3. The van der Waals surface area contributed by atoms with Crippen molar-refractivity contribution in [1.29, 1.82) is 0 Å². The minimum atomic E-state index is 0.865. The third-order valence-corrected chi connectivity index (χ3v) is 14.6. The summed E-state index contributed by atoms with van der Waals surface area (Å²) in [5, 5.41) is 14.4. The van der Waals surface area contributed by atoms with E-state index in [4.69, 9.17) is 8.83 Å². The van der Waals surface area contributed by atoms with Crippen molar-refractivity contribution >= 4 is 115 Å². The molecule has 0 atom stereocenters. The predicted octanol–water partition coefficient (Wildman–Crippen LogP) is 18.8. The molecule has 15 aromatic rings. The molecule has 12 aromatic carbocycles. The Morgan fingerprint density at radius 2 is 0.743 bits per heavy atom. The number of hydrogen-bond donors (Lipinski definition) is 0. The molecule has 0 unspecified atom stereocenters. The van der Waals surface area contributed by atoms with Crippen LogP contribution >= 0.6 is 0 Å². The highest BCUT2D eigenvalue weighted by atomic mass is 16.3. The third-order valence-electron chi connectivity index (χ3n) is 14.6. The van der Waals surface area contributed by atoms with E-state index in [1.807, 2.05) is 24.3 Å². The summed E-state index contributed by atoms with van der Waals surface area (Å²) in [5.41, 5.74) is 14.7. The van der Waals surface area contributed by atoms with Crippen LogP contribution in [-0.4, -0.2) is 4.57 Å². The molecular formula is C66H40N2O2. The summed E-state index contributed by atoms with van der Waals surface area (Å²) >= 11 is 0. The second-order valence-electron chi connectivity index (χ2n) is 18.4. The summed E-state index contributed by atoms with van der Waals surface area (Å²) in [6.07, 6.45) is 0. The first kappa shape index (κ1) is 38.7. The number of aromatic nitrogens is 1. The topological polar surface area (TPSA) is 34.5 Å². The van der Waals surface area contributed by atoms with Gasteiger partial charge in [0, 0.05) is 49.4 Å². The van der Waals surface area contributed by atoms with Crippen LogP contribution < -0.4 is 4.90 Å². The zero-order chi connectivity index (χ0) is 45.9. The largest absolute Gasteiger partial charge is 0.456 e. The van der Waals surface area contributed by atoms with Gasteiger partial charge in [0.05, 0.1) is 16.7 Å². The van der Waals surface area contributed by atoms with Crippen LogP contribution in [0.1, 0.15) is 0 Å². The molecule has 3 aromatic heterocycles. The zero-order valence-electron chi connectivity index (χ0n) is 37.8. The Kier molecular flexibility index (Phi) is 8.33. The maximum absolute atomic E-state index is 6.59. The number of fused-ring (bicyclic) bond motifs is 15. The van der Waals surface area contributed by atoms with Crippen molar-refractivity contribution in [2.75, 3.05) is 4.90 Å². The van der Waals surface area contributed by atoms with Crippen LogP contribution in [0.3, 0.4) is 0 Å². The first-order chi connectivity index (χ1) is 34.7. The average molecular weight is 893 g/mol. The highest BCUT2D eigenvalue weighted by Gasteiger charge is 2.21. The quantitative estimate of drug-likeness (QED) is 0.156. The van der Waals surface area contributed by atoms with E-state index >= 15 is 0 Å². The van der Waals surface area contributed by atoms with Crippen LogP contribution in [0, 0.1) is 0 Å². The lowest BCUT2D eigenvalue weighted by atomic mass is 9.94. The molecular weight excluding hydrogens is 853 g/mol. The van der Waals surface area contributed by atoms with E-state index in [0.29, 0.717) is 0 Å². The Hall–Kier alpha value is -9.38. The van der Waals surface area contributed by atoms with E-state index in [1.54, 1.807) is 0 Å². The molecule has 0 aliphatic carbocycles. The van der Waals surface area contributed by atoms with E-state index in [0.717, 1.165) is 99.9 Å². The molecule has 15 rings (SSSR count). The van der Waals surface area contributed by atoms with Gasteiger partial charge in [-0.2, -0.15) is 0 Å². The van der Waals surface area contributed by atoms with Crippen molar-refractivity contribution in [3.05, 3.63) is 243 Å². The fraction of sp³-hybridized carbons (Fsp3) is 0. The molecule has 0 saturated carbocycles. The highest BCUT2D eigenvalue weighted by Crippen LogP contribution is 2.44. The molecule has 3 heterocycles. The molecule has 0 saturated heterocycles. The number of benzene rings is 12. The lowest BCUT2D eigenvalue weighted by Crippen LogP contribution is -2.10. The van der Waals surface area contributed by atoms with Crippen LogP contribution in [0.25, 0.3) is 126 Å². The van der Waals surface area contributed by atoms with Gasteiger partial charge in [0.1, 0.15) is 16.7 Å². The molecule has 70 heavy (non-hydrogen) atoms. The van der Waals surface area contributed by atoms with Crippen LogP contribution in [0.5, 0.6) is 0 Å². The number of rotatable bonds is 6.